The fraction of sp³-hybridized carbons (Fsp3) is 0.788. The van der Waals surface area contributed by atoms with E-state index in [1.54, 1.807) is 13.0 Å². The molecule has 3 saturated heterocycles. The summed E-state index contributed by atoms with van der Waals surface area (Å²) in [5.41, 5.74) is 0. The quantitative estimate of drug-likeness (QED) is 0.342. The Hall–Kier alpha value is -1.67. The second-order valence-corrected chi connectivity index (χ2v) is 12.9. The molecule has 0 aliphatic carbocycles. The number of hydrogen-bond donors (Lipinski definition) is 4. The number of carbonyl (C=O) groups is 1. The summed E-state index contributed by atoms with van der Waals surface area (Å²) in [6.45, 7) is 5.70. The van der Waals surface area contributed by atoms with E-state index in [0.29, 0.717) is 25.7 Å². The predicted octanol–water partition coefficient (Wildman–Crippen LogP) is 2.34. The van der Waals surface area contributed by atoms with Gasteiger partial charge in [-0.25, -0.2) is 4.79 Å². The van der Waals surface area contributed by atoms with Gasteiger partial charge in [-0.3, -0.25) is 0 Å². The van der Waals surface area contributed by atoms with Crippen molar-refractivity contribution in [3.05, 3.63) is 36.5 Å². The van der Waals surface area contributed by atoms with Crippen LogP contribution in [-0.2, 0) is 33.2 Å². The van der Waals surface area contributed by atoms with Gasteiger partial charge in [-0.2, -0.15) is 0 Å². The Kier molecular flexibility index (Phi) is 13.4. The highest BCUT2D eigenvalue weighted by Gasteiger charge is 2.45. The van der Waals surface area contributed by atoms with Gasteiger partial charge < -0.3 is 48.8 Å². The number of aliphatic hydroxyl groups excluding tert-OH is 4. The lowest BCUT2D eigenvalue weighted by atomic mass is 9.92. The van der Waals surface area contributed by atoms with Crippen molar-refractivity contribution in [2.45, 2.75) is 139 Å². The minimum absolute atomic E-state index is 0.0163. The lowest BCUT2D eigenvalue weighted by molar-refractivity contribution is -0.315. The molecular formula is C33H52O11. The Morgan fingerprint density at radius 2 is 1.59 bits per heavy atom. The molecule has 3 fully saturated rings. The fourth-order valence-electron chi connectivity index (χ4n) is 6.58. The second kappa shape index (κ2) is 16.8. The summed E-state index contributed by atoms with van der Waals surface area (Å²) in [6.07, 6.45) is 7.69. The molecule has 0 unspecified atom stereocenters. The highest BCUT2D eigenvalue weighted by Crippen LogP contribution is 2.33. The van der Waals surface area contributed by atoms with Gasteiger partial charge in [-0.15, -0.1) is 0 Å². The fourth-order valence-corrected chi connectivity index (χ4v) is 6.58. The molecule has 0 aromatic carbocycles. The summed E-state index contributed by atoms with van der Waals surface area (Å²) in [7, 11) is 1.45. The summed E-state index contributed by atoms with van der Waals surface area (Å²) in [4.78, 5) is 12.4. The average Bonchev–Trinajstić information content (AvgIpc) is 3.34. The number of esters is 1. The van der Waals surface area contributed by atoms with E-state index in [9.17, 15) is 25.2 Å². The zero-order valence-corrected chi connectivity index (χ0v) is 26.4. The Bertz CT molecular complexity index is 985. The van der Waals surface area contributed by atoms with Crippen LogP contribution in [0, 0.1) is 11.8 Å². The number of ether oxygens (including phenoxy) is 6. The Balaban J connectivity index is 1.45. The number of methoxy groups -OCH3 is 1. The van der Waals surface area contributed by atoms with Crippen LogP contribution in [0.5, 0.6) is 0 Å². The van der Waals surface area contributed by atoms with E-state index in [4.69, 9.17) is 28.4 Å². The number of aliphatic hydroxyl groups is 4. The number of fused-ring (bicyclic) bond motifs is 4. The standard InChI is InChI=1S/C33H52O11/c1-19-9-6-5-7-11-27-20(2)14-28(44-27)26(35)15-22(34)18-40-29(36)12-8-10-23-16-25(17-24(13-19)42-23)43-33-32(39-4)31(38)30(37)21(3)41-33/h5-9,12,19-28,30-35,37-38H,10-11,13-18H2,1-4H3/b7-5-,9-6-,12-8-/t19-,20-,21-,22-,23-,24+,25+,26-,27-,28-,30-,31+,32+,33-/m0/s1. The number of allylic oxidation sites excluding steroid dienone is 3. The van der Waals surface area contributed by atoms with Crippen molar-refractivity contribution in [2.75, 3.05) is 13.7 Å². The largest absolute Gasteiger partial charge is 0.460 e. The second-order valence-electron chi connectivity index (χ2n) is 12.9. The Morgan fingerprint density at radius 1 is 0.818 bits per heavy atom. The van der Waals surface area contributed by atoms with Crippen molar-refractivity contribution in [3.8, 4) is 0 Å². The normalized spacial score (nSPS) is 47.0. The van der Waals surface area contributed by atoms with Crippen LogP contribution in [0.25, 0.3) is 0 Å². The topological polar surface area (TPSA) is 153 Å². The van der Waals surface area contributed by atoms with Gasteiger partial charge in [0, 0.05) is 32.4 Å². The van der Waals surface area contributed by atoms with E-state index in [1.807, 2.05) is 12.2 Å². The van der Waals surface area contributed by atoms with Gasteiger partial charge in [0.25, 0.3) is 0 Å². The van der Waals surface area contributed by atoms with E-state index in [-0.39, 0.29) is 55.4 Å². The molecule has 11 nitrogen and oxygen atoms in total. The summed E-state index contributed by atoms with van der Waals surface area (Å²) in [6, 6.07) is 0. The number of carbonyl (C=O) groups excluding carboxylic acids is 1. The number of hydrogen-bond acceptors (Lipinski definition) is 11. The molecule has 11 heteroatoms. The third-order valence-electron chi connectivity index (χ3n) is 9.11. The molecular weight excluding hydrogens is 572 g/mol. The van der Waals surface area contributed by atoms with Gasteiger partial charge in [0.15, 0.2) is 6.29 Å². The van der Waals surface area contributed by atoms with E-state index in [2.05, 4.69) is 26.0 Å². The monoisotopic (exact) mass is 624 g/mol. The van der Waals surface area contributed by atoms with Crippen molar-refractivity contribution >= 4 is 5.97 Å². The summed E-state index contributed by atoms with van der Waals surface area (Å²) in [5.74, 6) is -0.0999. The maximum atomic E-state index is 12.4. The Morgan fingerprint density at radius 3 is 2.36 bits per heavy atom. The zero-order valence-electron chi connectivity index (χ0n) is 26.4. The SMILES string of the molecule is CO[C@H]1[C@H](O[C@@H]2C[C@@H]3C/C=C\C(=O)OC[C@@H](O)C[C@H](O)[C@@H]4C[C@H](C)[C@H](C/C=C\C=C/[C@H](C)C[C@H](C2)O3)O4)O[C@@H](C)[C@H](O)[C@H]1O. The lowest BCUT2D eigenvalue weighted by Crippen LogP contribution is -2.59. The summed E-state index contributed by atoms with van der Waals surface area (Å²) in [5, 5.41) is 41.8. The van der Waals surface area contributed by atoms with Crippen LogP contribution in [0.4, 0.5) is 0 Å². The maximum Gasteiger partial charge on any atom is 0.330 e. The van der Waals surface area contributed by atoms with Crippen molar-refractivity contribution in [2.24, 2.45) is 11.8 Å². The van der Waals surface area contributed by atoms with Crippen molar-refractivity contribution < 1.29 is 53.6 Å². The molecule has 0 aromatic rings. The maximum absolute atomic E-state index is 12.4. The van der Waals surface area contributed by atoms with Crippen LogP contribution < -0.4 is 0 Å². The zero-order chi connectivity index (χ0) is 31.8. The predicted molar refractivity (Wildman–Crippen MR) is 160 cm³/mol. The summed E-state index contributed by atoms with van der Waals surface area (Å²) < 4.78 is 35.4. The molecule has 44 heavy (non-hydrogen) atoms. The molecule has 14 atom stereocenters. The van der Waals surface area contributed by atoms with Crippen LogP contribution in [-0.4, -0.2) is 114 Å². The van der Waals surface area contributed by atoms with Gasteiger partial charge in [-0.05, 0) is 44.4 Å². The van der Waals surface area contributed by atoms with Crippen LogP contribution in [0.1, 0.15) is 65.7 Å². The number of rotatable bonds is 3. The van der Waals surface area contributed by atoms with Crippen LogP contribution in [0.3, 0.4) is 0 Å². The van der Waals surface area contributed by atoms with Gasteiger partial charge >= 0.3 is 5.97 Å². The van der Waals surface area contributed by atoms with Gasteiger partial charge in [0.05, 0.1) is 48.8 Å². The highest BCUT2D eigenvalue weighted by molar-refractivity contribution is 5.81. The molecule has 0 saturated carbocycles. The van der Waals surface area contributed by atoms with E-state index in [1.165, 1.54) is 13.2 Å². The van der Waals surface area contributed by atoms with Gasteiger partial charge in [0.2, 0.25) is 0 Å². The minimum Gasteiger partial charge on any atom is -0.460 e. The first-order valence-electron chi connectivity index (χ1n) is 16.1. The molecule has 0 radical (unpaired) electrons. The molecule has 4 bridgehead atoms. The molecule has 4 rings (SSSR count). The first kappa shape index (κ1) is 35.2. The molecule has 0 aromatic heterocycles. The van der Waals surface area contributed by atoms with Crippen molar-refractivity contribution in [3.63, 3.8) is 0 Å². The average molecular weight is 625 g/mol. The van der Waals surface area contributed by atoms with Gasteiger partial charge in [-0.1, -0.05) is 44.2 Å². The van der Waals surface area contributed by atoms with E-state index < -0.39 is 48.9 Å². The first-order valence-corrected chi connectivity index (χ1v) is 16.1. The van der Waals surface area contributed by atoms with E-state index in [0.717, 1.165) is 12.8 Å². The molecule has 0 spiro atoms. The number of cyclic esters (lactones) is 1. The van der Waals surface area contributed by atoms with Crippen LogP contribution >= 0.6 is 0 Å². The lowest BCUT2D eigenvalue weighted by Gasteiger charge is -2.43. The highest BCUT2D eigenvalue weighted by atomic mass is 16.7. The molecule has 4 aliphatic rings. The molecule has 4 aliphatic heterocycles. The van der Waals surface area contributed by atoms with Crippen LogP contribution in [0.2, 0.25) is 0 Å². The third kappa shape index (κ3) is 9.91. The van der Waals surface area contributed by atoms with Crippen LogP contribution in [0.15, 0.2) is 36.5 Å². The molecule has 250 valence electrons. The molecule has 4 N–H and O–H groups in total. The first-order chi connectivity index (χ1) is 21.0. The molecule has 0 amide bonds. The van der Waals surface area contributed by atoms with E-state index >= 15 is 0 Å². The van der Waals surface area contributed by atoms with Crippen molar-refractivity contribution in [1.82, 2.24) is 0 Å². The molecule has 4 heterocycles. The third-order valence-corrected chi connectivity index (χ3v) is 9.11. The smallest absolute Gasteiger partial charge is 0.330 e. The Labute approximate surface area is 260 Å². The van der Waals surface area contributed by atoms with Crippen molar-refractivity contribution in [1.29, 1.82) is 0 Å². The minimum atomic E-state index is -1.15. The van der Waals surface area contributed by atoms with Gasteiger partial charge in [0.1, 0.15) is 24.9 Å². The summed E-state index contributed by atoms with van der Waals surface area (Å²) >= 11 is 0.